The number of carbonyl (C=O) groups excluding carboxylic acids is 2. The zero-order valence-electron chi connectivity index (χ0n) is 21.3. The average Bonchev–Trinajstić information content (AvgIpc) is 2.96. The predicted octanol–water partition coefficient (Wildman–Crippen LogP) is 4.53. The number of carbonyl (C=O) groups is 3. The number of hydrogen-bond acceptors (Lipinski definition) is 6. The number of hydrogen-bond donors (Lipinski definition) is 3. The van der Waals surface area contributed by atoms with E-state index in [9.17, 15) is 14.4 Å². The third-order valence-electron chi connectivity index (χ3n) is 6.47. The number of nitriles is 1. The summed E-state index contributed by atoms with van der Waals surface area (Å²) < 4.78 is 11.7. The van der Waals surface area contributed by atoms with Gasteiger partial charge >= 0.3 is 5.97 Å². The van der Waals surface area contributed by atoms with Gasteiger partial charge < -0.3 is 25.2 Å². The number of rotatable bonds is 10. The molecule has 0 atom stereocenters. The number of benzene rings is 3. The smallest absolute Gasteiger partial charge is 0.306 e. The molecule has 0 bridgehead atoms. The van der Waals surface area contributed by atoms with Crippen LogP contribution in [0.5, 0.6) is 17.2 Å². The second kappa shape index (κ2) is 13.1. The number of nitrogens with zero attached hydrogens (tertiary/aromatic N) is 1. The molecule has 0 aromatic heterocycles. The van der Waals surface area contributed by atoms with E-state index in [2.05, 4.69) is 16.7 Å². The predicted molar refractivity (Wildman–Crippen MR) is 143 cm³/mol. The van der Waals surface area contributed by atoms with E-state index >= 15 is 0 Å². The van der Waals surface area contributed by atoms with E-state index in [-0.39, 0.29) is 36.9 Å². The fourth-order valence-electron chi connectivity index (χ4n) is 4.27. The quantitative estimate of drug-likeness (QED) is 0.329. The SMILES string of the molecule is N#Cc1ccc(Oc2ccc(C(=O)NCCNC(=O)c3ccc(OC4CCC(C(=O)O)CC4)cc3)cc2)cc1. The monoisotopic (exact) mass is 527 g/mol. The second-order valence-corrected chi connectivity index (χ2v) is 9.23. The molecule has 1 saturated carbocycles. The van der Waals surface area contributed by atoms with E-state index in [1.807, 2.05) is 0 Å². The first-order valence-corrected chi connectivity index (χ1v) is 12.8. The zero-order valence-corrected chi connectivity index (χ0v) is 21.3. The van der Waals surface area contributed by atoms with E-state index < -0.39 is 5.97 Å². The molecular weight excluding hydrogens is 498 g/mol. The topological polar surface area (TPSA) is 138 Å². The van der Waals surface area contributed by atoms with E-state index in [4.69, 9.17) is 19.8 Å². The third kappa shape index (κ3) is 7.82. The summed E-state index contributed by atoms with van der Waals surface area (Å²) in [4.78, 5) is 35.9. The maximum absolute atomic E-state index is 12.4. The van der Waals surface area contributed by atoms with Crippen molar-refractivity contribution in [3.63, 3.8) is 0 Å². The molecule has 1 fully saturated rings. The van der Waals surface area contributed by atoms with Crippen molar-refractivity contribution in [2.75, 3.05) is 13.1 Å². The van der Waals surface area contributed by atoms with Gasteiger partial charge in [-0.3, -0.25) is 14.4 Å². The molecule has 9 heteroatoms. The van der Waals surface area contributed by atoms with Crippen LogP contribution in [0, 0.1) is 17.2 Å². The van der Waals surface area contributed by atoms with Crippen molar-refractivity contribution in [2.24, 2.45) is 5.92 Å². The lowest BCUT2D eigenvalue weighted by Crippen LogP contribution is -2.34. The van der Waals surface area contributed by atoms with E-state index in [1.165, 1.54) is 0 Å². The Kier molecular flexibility index (Phi) is 9.14. The molecule has 0 radical (unpaired) electrons. The van der Waals surface area contributed by atoms with Crippen LogP contribution in [0.15, 0.2) is 72.8 Å². The highest BCUT2D eigenvalue weighted by atomic mass is 16.5. The lowest BCUT2D eigenvalue weighted by atomic mass is 9.87. The molecule has 1 aliphatic rings. The summed E-state index contributed by atoms with van der Waals surface area (Å²) in [6, 6.07) is 22.3. The fraction of sp³-hybridized carbons (Fsp3) is 0.267. The molecule has 0 saturated heterocycles. The van der Waals surface area contributed by atoms with Gasteiger partial charge in [0.15, 0.2) is 0 Å². The first-order chi connectivity index (χ1) is 18.9. The molecule has 3 aromatic carbocycles. The lowest BCUT2D eigenvalue weighted by Gasteiger charge is -2.26. The molecule has 1 aliphatic carbocycles. The van der Waals surface area contributed by atoms with Crippen molar-refractivity contribution in [1.29, 1.82) is 5.26 Å². The minimum atomic E-state index is -0.746. The maximum Gasteiger partial charge on any atom is 0.306 e. The average molecular weight is 528 g/mol. The molecule has 9 nitrogen and oxygen atoms in total. The summed E-state index contributed by atoms with van der Waals surface area (Å²) in [5.41, 5.74) is 1.48. The molecule has 0 heterocycles. The molecular formula is C30H29N3O6. The van der Waals surface area contributed by atoms with Crippen molar-refractivity contribution in [3.05, 3.63) is 89.5 Å². The molecule has 4 rings (SSSR count). The first-order valence-electron chi connectivity index (χ1n) is 12.8. The van der Waals surface area contributed by atoms with Crippen LogP contribution in [0.3, 0.4) is 0 Å². The number of aliphatic carboxylic acids is 1. The summed E-state index contributed by atoms with van der Waals surface area (Å²) in [5, 5.41) is 23.5. The highest BCUT2D eigenvalue weighted by Gasteiger charge is 2.26. The molecule has 0 spiro atoms. The summed E-state index contributed by atoms with van der Waals surface area (Å²) in [6.45, 7) is 0.518. The summed E-state index contributed by atoms with van der Waals surface area (Å²) in [6.07, 6.45) is 2.59. The number of amides is 2. The van der Waals surface area contributed by atoms with Gasteiger partial charge in [-0.1, -0.05) is 0 Å². The van der Waals surface area contributed by atoms with Crippen molar-refractivity contribution < 1.29 is 29.0 Å². The largest absolute Gasteiger partial charge is 0.490 e. The second-order valence-electron chi connectivity index (χ2n) is 9.23. The Labute approximate surface area is 226 Å². The third-order valence-corrected chi connectivity index (χ3v) is 6.47. The lowest BCUT2D eigenvalue weighted by molar-refractivity contribution is -0.143. The van der Waals surface area contributed by atoms with Crippen LogP contribution in [-0.4, -0.2) is 42.1 Å². The Balaban J connectivity index is 1.16. The number of carboxylic acid groups (broad SMARTS) is 1. The number of ether oxygens (including phenoxy) is 2. The highest BCUT2D eigenvalue weighted by molar-refractivity contribution is 5.95. The van der Waals surface area contributed by atoms with Crippen molar-refractivity contribution >= 4 is 17.8 Å². The van der Waals surface area contributed by atoms with Crippen LogP contribution in [-0.2, 0) is 4.79 Å². The van der Waals surface area contributed by atoms with Gasteiger partial charge in [0, 0.05) is 24.2 Å². The fourth-order valence-corrected chi connectivity index (χ4v) is 4.27. The molecule has 3 N–H and O–H groups in total. The zero-order chi connectivity index (χ0) is 27.6. The van der Waals surface area contributed by atoms with Gasteiger partial charge in [0.1, 0.15) is 17.2 Å². The molecule has 3 aromatic rings. The van der Waals surface area contributed by atoms with E-state index in [0.29, 0.717) is 59.6 Å². The normalized spacial score (nSPS) is 16.4. The Bertz CT molecular complexity index is 1320. The van der Waals surface area contributed by atoms with Crippen LogP contribution in [0.4, 0.5) is 0 Å². The van der Waals surface area contributed by atoms with Crippen LogP contribution in [0.2, 0.25) is 0 Å². The van der Waals surface area contributed by atoms with Gasteiger partial charge in [-0.05, 0) is 98.5 Å². The van der Waals surface area contributed by atoms with E-state index in [1.54, 1.807) is 72.8 Å². The number of nitrogens with one attached hydrogen (secondary N) is 2. The van der Waals surface area contributed by atoms with Gasteiger partial charge in [0.2, 0.25) is 0 Å². The van der Waals surface area contributed by atoms with Crippen LogP contribution in [0.25, 0.3) is 0 Å². The molecule has 0 unspecified atom stereocenters. The Hall–Kier alpha value is -4.84. The minimum absolute atomic E-state index is 0.0184. The van der Waals surface area contributed by atoms with Crippen LogP contribution < -0.4 is 20.1 Å². The molecule has 0 aliphatic heterocycles. The van der Waals surface area contributed by atoms with Crippen molar-refractivity contribution in [3.8, 4) is 23.3 Å². The van der Waals surface area contributed by atoms with Gasteiger partial charge in [0.05, 0.1) is 23.7 Å². The maximum atomic E-state index is 12.4. The van der Waals surface area contributed by atoms with Gasteiger partial charge in [-0.25, -0.2) is 0 Å². The van der Waals surface area contributed by atoms with Crippen LogP contribution in [0.1, 0.15) is 52.0 Å². The Morgan fingerprint density at radius 2 is 1.21 bits per heavy atom. The number of carboxylic acids is 1. The molecule has 2 amide bonds. The summed E-state index contributed by atoms with van der Waals surface area (Å²) in [7, 11) is 0. The highest BCUT2D eigenvalue weighted by Crippen LogP contribution is 2.28. The van der Waals surface area contributed by atoms with Gasteiger partial charge in [-0.2, -0.15) is 5.26 Å². The van der Waals surface area contributed by atoms with Crippen molar-refractivity contribution in [2.45, 2.75) is 31.8 Å². The molecule has 200 valence electrons. The Morgan fingerprint density at radius 3 is 1.67 bits per heavy atom. The summed E-state index contributed by atoms with van der Waals surface area (Å²) in [5.74, 6) is 0.224. The molecule has 39 heavy (non-hydrogen) atoms. The van der Waals surface area contributed by atoms with Crippen molar-refractivity contribution in [1.82, 2.24) is 10.6 Å². The van der Waals surface area contributed by atoms with E-state index in [0.717, 1.165) is 0 Å². The standard InChI is InChI=1S/C30H29N3O6/c31-19-20-1-9-24(10-2-20)38-25-11-3-21(4-12-25)28(34)32-17-18-33-29(35)22-5-13-26(14-6-22)39-27-15-7-23(8-16-27)30(36)37/h1-6,9-14,23,27H,7-8,15-18H2,(H,32,34)(H,33,35)(H,36,37). The van der Waals surface area contributed by atoms with Crippen LogP contribution >= 0.6 is 0 Å². The first kappa shape index (κ1) is 27.2. The summed E-state index contributed by atoms with van der Waals surface area (Å²) >= 11 is 0. The minimum Gasteiger partial charge on any atom is -0.490 e. The van der Waals surface area contributed by atoms with Gasteiger partial charge in [-0.15, -0.1) is 0 Å². The Morgan fingerprint density at radius 1 is 0.744 bits per heavy atom. The van der Waals surface area contributed by atoms with Gasteiger partial charge in [0.25, 0.3) is 11.8 Å².